The average molecular weight is 423 g/mol. The van der Waals surface area contributed by atoms with Crippen molar-refractivity contribution in [2.24, 2.45) is 0 Å². The van der Waals surface area contributed by atoms with Crippen LogP contribution in [-0.4, -0.2) is 49.9 Å². The van der Waals surface area contributed by atoms with E-state index in [-0.39, 0.29) is 5.82 Å². The number of halogens is 1. The van der Waals surface area contributed by atoms with Gasteiger partial charge in [-0.05, 0) is 49.7 Å². The zero-order valence-electron chi connectivity index (χ0n) is 16.8. The molecular formula is C22H23FN6S. The molecule has 0 bridgehead atoms. The largest absolute Gasteiger partial charge is 0.351 e. The third-order valence-corrected chi connectivity index (χ3v) is 6.40. The van der Waals surface area contributed by atoms with Gasteiger partial charge in [-0.15, -0.1) is 11.3 Å². The molecule has 1 aromatic carbocycles. The lowest BCUT2D eigenvalue weighted by molar-refractivity contribution is 0.229. The minimum Gasteiger partial charge on any atom is -0.351 e. The summed E-state index contributed by atoms with van der Waals surface area (Å²) < 4.78 is 15.5. The molecule has 8 heteroatoms. The molecule has 6 nitrogen and oxygen atoms in total. The van der Waals surface area contributed by atoms with E-state index in [1.807, 2.05) is 22.0 Å². The number of fused-ring (bicyclic) bond motifs is 1. The molecule has 3 aromatic heterocycles. The molecule has 4 aromatic rings. The summed E-state index contributed by atoms with van der Waals surface area (Å²) in [5, 5.41) is 5.51. The molecule has 1 N–H and O–H groups in total. The molecule has 0 atom stereocenters. The van der Waals surface area contributed by atoms with Gasteiger partial charge in [0.25, 0.3) is 0 Å². The Balaban J connectivity index is 1.48. The van der Waals surface area contributed by atoms with Crippen LogP contribution in [0.4, 0.5) is 10.3 Å². The van der Waals surface area contributed by atoms with Crippen molar-refractivity contribution in [3.8, 4) is 22.6 Å². The van der Waals surface area contributed by atoms with Crippen LogP contribution in [0.1, 0.15) is 19.8 Å². The number of hydrogen-bond acceptors (Lipinski definition) is 6. The molecule has 0 aliphatic carbocycles. The second-order valence-electron chi connectivity index (χ2n) is 7.49. The molecule has 5 rings (SSSR count). The highest BCUT2D eigenvalue weighted by Crippen LogP contribution is 2.33. The van der Waals surface area contributed by atoms with E-state index in [0.717, 1.165) is 60.1 Å². The molecule has 4 heterocycles. The highest BCUT2D eigenvalue weighted by molar-refractivity contribution is 7.15. The lowest BCUT2D eigenvalue weighted by atomic mass is 10.1. The van der Waals surface area contributed by atoms with Crippen LogP contribution in [0, 0.1) is 5.82 Å². The summed E-state index contributed by atoms with van der Waals surface area (Å²) in [4.78, 5) is 17.4. The number of nitrogens with one attached hydrogen (secondary N) is 1. The molecular weight excluding hydrogens is 399 g/mol. The Morgan fingerprint density at radius 3 is 2.70 bits per heavy atom. The molecule has 1 fully saturated rings. The van der Waals surface area contributed by atoms with Crippen LogP contribution in [0.25, 0.3) is 27.6 Å². The Bertz CT molecular complexity index is 1140. The summed E-state index contributed by atoms with van der Waals surface area (Å²) in [5.41, 5.74) is 3.35. The Morgan fingerprint density at radius 1 is 1.13 bits per heavy atom. The maximum atomic E-state index is 13.4. The predicted molar refractivity (Wildman–Crippen MR) is 118 cm³/mol. The van der Waals surface area contributed by atoms with Gasteiger partial charge in [0.05, 0.1) is 11.4 Å². The second-order valence-corrected chi connectivity index (χ2v) is 8.36. The first-order valence-electron chi connectivity index (χ1n) is 10.2. The number of piperidine rings is 1. The Morgan fingerprint density at radius 2 is 1.93 bits per heavy atom. The molecule has 154 valence electrons. The van der Waals surface area contributed by atoms with Crippen molar-refractivity contribution in [3.63, 3.8) is 0 Å². The van der Waals surface area contributed by atoms with Crippen LogP contribution in [0.3, 0.4) is 0 Å². The van der Waals surface area contributed by atoms with Crippen molar-refractivity contribution in [2.45, 2.75) is 25.8 Å². The van der Waals surface area contributed by atoms with E-state index < -0.39 is 0 Å². The smallest absolute Gasteiger partial charge is 0.223 e. The van der Waals surface area contributed by atoms with Crippen LogP contribution in [-0.2, 0) is 0 Å². The topological polar surface area (TPSA) is 58.3 Å². The molecule has 0 unspecified atom stereocenters. The zero-order valence-corrected chi connectivity index (χ0v) is 17.6. The number of likely N-dealkylation sites (tertiary alicyclic amines) is 1. The number of thiazole rings is 1. The Kier molecular flexibility index (Phi) is 5.18. The van der Waals surface area contributed by atoms with E-state index >= 15 is 0 Å². The molecule has 1 aliphatic rings. The number of aromatic nitrogens is 4. The van der Waals surface area contributed by atoms with Gasteiger partial charge in [0, 0.05) is 42.5 Å². The van der Waals surface area contributed by atoms with Crippen molar-refractivity contribution < 1.29 is 4.39 Å². The first-order valence-corrected chi connectivity index (χ1v) is 11.1. The third-order valence-electron chi connectivity index (χ3n) is 5.65. The summed E-state index contributed by atoms with van der Waals surface area (Å²) in [6.07, 6.45) is 5.95. The van der Waals surface area contributed by atoms with E-state index in [0.29, 0.717) is 12.0 Å². The van der Waals surface area contributed by atoms with Crippen molar-refractivity contribution in [1.29, 1.82) is 0 Å². The first kappa shape index (κ1) is 19.1. The third kappa shape index (κ3) is 3.68. The lowest BCUT2D eigenvalue weighted by Crippen LogP contribution is -2.39. The highest BCUT2D eigenvalue weighted by atomic mass is 32.1. The second kappa shape index (κ2) is 8.12. The fourth-order valence-corrected chi connectivity index (χ4v) is 4.69. The number of anilines is 1. The quantitative estimate of drug-likeness (QED) is 0.511. The zero-order chi connectivity index (χ0) is 20.5. The van der Waals surface area contributed by atoms with E-state index in [9.17, 15) is 4.39 Å². The Hall–Kier alpha value is -2.84. The van der Waals surface area contributed by atoms with Gasteiger partial charge in [0.2, 0.25) is 5.95 Å². The van der Waals surface area contributed by atoms with Crippen molar-refractivity contribution in [3.05, 3.63) is 53.9 Å². The van der Waals surface area contributed by atoms with Crippen LogP contribution in [0.15, 0.2) is 48.1 Å². The lowest BCUT2D eigenvalue weighted by Gasteiger charge is -2.31. The van der Waals surface area contributed by atoms with Crippen LogP contribution < -0.4 is 5.32 Å². The number of rotatable bonds is 5. The van der Waals surface area contributed by atoms with E-state index in [2.05, 4.69) is 22.1 Å². The predicted octanol–water partition coefficient (Wildman–Crippen LogP) is 4.56. The van der Waals surface area contributed by atoms with Gasteiger partial charge in [0.1, 0.15) is 11.5 Å². The fraction of sp³-hybridized carbons (Fsp3) is 0.318. The first-order chi connectivity index (χ1) is 14.7. The van der Waals surface area contributed by atoms with Crippen molar-refractivity contribution in [1.82, 2.24) is 24.3 Å². The SMILES string of the molecule is CCN1CCC(Nc2nccc(-c3c(-c4ccc(F)cc4)nc4sccn34)n2)CC1. The van der Waals surface area contributed by atoms with Gasteiger partial charge in [-0.2, -0.15) is 0 Å². The summed E-state index contributed by atoms with van der Waals surface area (Å²) >= 11 is 1.56. The molecule has 1 saturated heterocycles. The number of benzene rings is 1. The number of hydrogen-bond donors (Lipinski definition) is 1. The van der Waals surface area contributed by atoms with Gasteiger partial charge >= 0.3 is 0 Å². The summed E-state index contributed by atoms with van der Waals surface area (Å²) in [6.45, 7) is 5.50. The van der Waals surface area contributed by atoms with Crippen molar-refractivity contribution >= 4 is 22.2 Å². The molecule has 0 saturated carbocycles. The standard InChI is InChI=1S/C22H23FN6S/c1-2-28-11-8-17(9-12-28)25-21-24-10-7-18(26-21)20-19(15-3-5-16(23)6-4-15)27-22-29(20)13-14-30-22/h3-7,10,13-14,17H,2,8-9,11-12H2,1H3,(H,24,25,26). The summed E-state index contributed by atoms with van der Waals surface area (Å²) in [5.74, 6) is 0.377. The highest BCUT2D eigenvalue weighted by Gasteiger charge is 2.21. The van der Waals surface area contributed by atoms with Crippen LogP contribution >= 0.6 is 11.3 Å². The summed E-state index contributed by atoms with van der Waals surface area (Å²) in [6, 6.07) is 8.72. The van der Waals surface area contributed by atoms with E-state index in [4.69, 9.17) is 9.97 Å². The molecule has 30 heavy (non-hydrogen) atoms. The van der Waals surface area contributed by atoms with Gasteiger partial charge < -0.3 is 10.2 Å². The number of nitrogens with zero attached hydrogens (tertiary/aromatic N) is 5. The average Bonchev–Trinajstić information content (AvgIpc) is 3.36. The minimum atomic E-state index is -0.260. The van der Waals surface area contributed by atoms with Gasteiger partial charge in [-0.1, -0.05) is 6.92 Å². The van der Waals surface area contributed by atoms with Gasteiger partial charge in [-0.3, -0.25) is 4.40 Å². The minimum absolute atomic E-state index is 0.260. The van der Waals surface area contributed by atoms with Gasteiger partial charge in [-0.25, -0.2) is 19.3 Å². The van der Waals surface area contributed by atoms with E-state index in [1.54, 1.807) is 29.7 Å². The molecule has 0 amide bonds. The maximum Gasteiger partial charge on any atom is 0.223 e. The number of imidazole rings is 1. The monoisotopic (exact) mass is 422 g/mol. The van der Waals surface area contributed by atoms with Crippen LogP contribution in [0.5, 0.6) is 0 Å². The van der Waals surface area contributed by atoms with Crippen LogP contribution in [0.2, 0.25) is 0 Å². The van der Waals surface area contributed by atoms with Crippen molar-refractivity contribution in [2.75, 3.05) is 25.0 Å². The fourth-order valence-electron chi connectivity index (χ4n) is 3.98. The van der Waals surface area contributed by atoms with E-state index in [1.165, 1.54) is 12.1 Å². The summed E-state index contributed by atoms with van der Waals surface area (Å²) in [7, 11) is 0. The molecule has 0 radical (unpaired) electrons. The Labute approximate surface area is 178 Å². The van der Waals surface area contributed by atoms with Gasteiger partial charge in [0.15, 0.2) is 4.96 Å². The molecule has 1 aliphatic heterocycles. The molecule has 0 spiro atoms. The maximum absolute atomic E-state index is 13.4. The normalized spacial score (nSPS) is 15.7.